The Morgan fingerprint density at radius 1 is 1.38 bits per heavy atom. The molecule has 0 aromatic heterocycles. The molecule has 0 radical (unpaired) electrons. The van der Waals surface area contributed by atoms with Crippen LogP contribution in [0, 0.1) is 0 Å². The average Bonchev–Trinajstić information content (AvgIpc) is 2.68. The molecule has 0 spiro atoms. The third-order valence-corrected chi connectivity index (χ3v) is 3.00. The second kappa shape index (κ2) is 4.72. The van der Waals surface area contributed by atoms with Crippen LogP contribution in [-0.4, -0.2) is 34.7 Å². The van der Waals surface area contributed by atoms with Crippen molar-refractivity contribution in [2.75, 3.05) is 18.1 Å². The van der Waals surface area contributed by atoms with Gasteiger partial charge in [0.15, 0.2) is 0 Å². The number of anilines is 1. The number of hydrogen-bond acceptors (Lipinski definition) is 4. The van der Waals surface area contributed by atoms with Gasteiger partial charge in [-0.05, 0) is 30.9 Å². The maximum absolute atomic E-state index is 9.75. The number of phenolic OH excluding ortho intramolecular Hbond substituents is 1. The van der Waals surface area contributed by atoms with Crippen LogP contribution in [0.25, 0.3) is 0 Å². The number of phenols is 1. The number of aliphatic hydroxyl groups excluding tert-OH is 2. The van der Waals surface area contributed by atoms with Crippen molar-refractivity contribution >= 4 is 5.69 Å². The molecule has 1 aromatic carbocycles. The summed E-state index contributed by atoms with van der Waals surface area (Å²) in [6.45, 7) is 0.846. The van der Waals surface area contributed by atoms with Gasteiger partial charge in [-0.15, -0.1) is 0 Å². The van der Waals surface area contributed by atoms with Crippen LogP contribution in [-0.2, 0) is 6.42 Å². The highest BCUT2D eigenvalue weighted by atomic mass is 16.3. The Morgan fingerprint density at radius 2 is 2.19 bits per heavy atom. The summed E-state index contributed by atoms with van der Waals surface area (Å²) in [4.78, 5) is 1.88. The first kappa shape index (κ1) is 11.2. The first-order valence-corrected chi connectivity index (χ1v) is 5.60. The fraction of sp³-hybridized carbons (Fsp3) is 0.500. The topological polar surface area (TPSA) is 63.9 Å². The number of nitrogens with zero attached hydrogens (tertiary/aromatic N) is 1. The van der Waals surface area contributed by atoms with Gasteiger partial charge in [0, 0.05) is 24.9 Å². The quantitative estimate of drug-likeness (QED) is 0.710. The molecule has 1 atom stereocenters. The van der Waals surface area contributed by atoms with E-state index in [1.807, 2.05) is 11.0 Å². The van der Waals surface area contributed by atoms with Gasteiger partial charge in [-0.3, -0.25) is 0 Å². The summed E-state index contributed by atoms with van der Waals surface area (Å²) in [5, 5.41) is 28.3. The third-order valence-electron chi connectivity index (χ3n) is 3.00. The van der Waals surface area contributed by atoms with Crippen molar-refractivity contribution in [3.63, 3.8) is 0 Å². The number of rotatable bonds is 3. The lowest BCUT2D eigenvalue weighted by Crippen LogP contribution is -2.28. The Balaban J connectivity index is 2.20. The van der Waals surface area contributed by atoms with Crippen LogP contribution in [0.4, 0.5) is 5.69 Å². The molecule has 1 heterocycles. The molecule has 0 saturated carbocycles. The molecule has 1 saturated heterocycles. The van der Waals surface area contributed by atoms with Crippen LogP contribution in [0.5, 0.6) is 5.75 Å². The molecule has 1 fully saturated rings. The van der Waals surface area contributed by atoms with Gasteiger partial charge in [0.2, 0.25) is 0 Å². The number of hydrogen-bond donors (Lipinski definition) is 3. The van der Waals surface area contributed by atoms with E-state index in [2.05, 4.69) is 0 Å². The molecular weight excluding hydrogens is 206 g/mol. The van der Waals surface area contributed by atoms with Crippen LogP contribution in [0.15, 0.2) is 18.2 Å². The fourth-order valence-electron chi connectivity index (χ4n) is 2.11. The second-order valence-corrected chi connectivity index (χ2v) is 4.10. The van der Waals surface area contributed by atoms with E-state index in [1.54, 1.807) is 12.1 Å². The Morgan fingerprint density at radius 3 is 2.75 bits per heavy atom. The van der Waals surface area contributed by atoms with Gasteiger partial charge in [0.25, 0.3) is 0 Å². The van der Waals surface area contributed by atoms with Crippen LogP contribution < -0.4 is 4.90 Å². The molecule has 1 unspecified atom stereocenters. The summed E-state index contributed by atoms with van der Waals surface area (Å²) in [6.07, 6.45) is 1.76. The molecule has 1 aromatic rings. The van der Waals surface area contributed by atoms with Gasteiger partial charge in [0.05, 0.1) is 0 Å². The highest BCUT2D eigenvalue weighted by Crippen LogP contribution is 2.29. The van der Waals surface area contributed by atoms with E-state index < -0.39 is 6.23 Å². The SMILES string of the molecule is OCCc1ccc(N2CCCC2O)cc1O. The van der Waals surface area contributed by atoms with Gasteiger partial charge in [-0.1, -0.05) is 6.07 Å². The molecule has 1 aliphatic rings. The third kappa shape index (κ3) is 2.13. The summed E-state index contributed by atoms with van der Waals surface area (Å²) >= 11 is 0. The number of benzene rings is 1. The highest BCUT2D eigenvalue weighted by molar-refractivity contribution is 5.54. The number of aliphatic hydroxyl groups is 2. The smallest absolute Gasteiger partial charge is 0.126 e. The lowest BCUT2D eigenvalue weighted by molar-refractivity contribution is 0.185. The van der Waals surface area contributed by atoms with Crippen molar-refractivity contribution in [1.82, 2.24) is 0 Å². The lowest BCUT2D eigenvalue weighted by atomic mass is 10.1. The Bertz CT molecular complexity index is 367. The average molecular weight is 223 g/mol. The molecule has 2 rings (SSSR count). The van der Waals surface area contributed by atoms with Crippen LogP contribution in [0.2, 0.25) is 0 Å². The molecule has 88 valence electrons. The minimum Gasteiger partial charge on any atom is -0.508 e. The predicted octanol–water partition coefficient (Wildman–Crippen LogP) is 0.846. The van der Waals surface area contributed by atoms with E-state index in [0.717, 1.165) is 30.6 Å². The Labute approximate surface area is 94.8 Å². The highest BCUT2D eigenvalue weighted by Gasteiger charge is 2.22. The first-order chi connectivity index (χ1) is 7.72. The van der Waals surface area contributed by atoms with Gasteiger partial charge >= 0.3 is 0 Å². The summed E-state index contributed by atoms with van der Waals surface area (Å²) in [5.74, 6) is 0.186. The van der Waals surface area contributed by atoms with Gasteiger partial charge in [0.1, 0.15) is 12.0 Å². The van der Waals surface area contributed by atoms with Crippen LogP contribution in [0.1, 0.15) is 18.4 Å². The van der Waals surface area contributed by atoms with E-state index in [4.69, 9.17) is 5.11 Å². The van der Waals surface area contributed by atoms with Crippen molar-refractivity contribution < 1.29 is 15.3 Å². The fourth-order valence-corrected chi connectivity index (χ4v) is 2.11. The van der Waals surface area contributed by atoms with Crippen molar-refractivity contribution in [1.29, 1.82) is 0 Å². The lowest BCUT2D eigenvalue weighted by Gasteiger charge is -2.23. The second-order valence-electron chi connectivity index (χ2n) is 4.10. The van der Waals surface area contributed by atoms with Gasteiger partial charge in [-0.25, -0.2) is 0 Å². The summed E-state index contributed by atoms with van der Waals surface area (Å²) in [7, 11) is 0. The molecule has 3 N–H and O–H groups in total. The zero-order chi connectivity index (χ0) is 11.5. The molecular formula is C12H17NO3. The van der Waals surface area contributed by atoms with E-state index in [9.17, 15) is 10.2 Å². The van der Waals surface area contributed by atoms with E-state index in [0.29, 0.717) is 6.42 Å². The molecule has 1 aliphatic heterocycles. The molecule has 0 aliphatic carbocycles. The minimum absolute atomic E-state index is 0.0270. The predicted molar refractivity (Wildman–Crippen MR) is 61.5 cm³/mol. The largest absolute Gasteiger partial charge is 0.508 e. The maximum Gasteiger partial charge on any atom is 0.126 e. The van der Waals surface area contributed by atoms with Gasteiger partial charge < -0.3 is 20.2 Å². The van der Waals surface area contributed by atoms with Crippen molar-refractivity contribution in [3.8, 4) is 5.75 Å². The first-order valence-electron chi connectivity index (χ1n) is 5.60. The molecule has 0 amide bonds. The molecule has 4 heteroatoms. The van der Waals surface area contributed by atoms with E-state index in [-0.39, 0.29) is 12.4 Å². The minimum atomic E-state index is -0.442. The summed E-state index contributed by atoms with van der Waals surface area (Å²) in [6, 6.07) is 5.32. The molecule has 4 nitrogen and oxygen atoms in total. The standard InChI is InChI=1S/C12H17NO3/c14-7-5-9-3-4-10(8-11(9)15)13-6-1-2-12(13)16/h3-4,8,12,14-16H,1-2,5-7H2. The van der Waals surface area contributed by atoms with Crippen LogP contribution >= 0.6 is 0 Å². The van der Waals surface area contributed by atoms with E-state index >= 15 is 0 Å². The molecule has 0 bridgehead atoms. The van der Waals surface area contributed by atoms with Crippen molar-refractivity contribution in [3.05, 3.63) is 23.8 Å². The van der Waals surface area contributed by atoms with E-state index in [1.165, 1.54) is 0 Å². The van der Waals surface area contributed by atoms with Crippen LogP contribution in [0.3, 0.4) is 0 Å². The zero-order valence-corrected chi connectivity index (χ0v) is 9.13. The zero-order valence-electron chi connectivity index (χ0n) is 9.13. The Hall–Kier alpha value is -1.26. The summed E-state index contributed by atoms with van der Waals surface area (Å²) in [5.41, 5.74) is 1.57. The summed E-state index contributed by atoms with van der Waals surface area (Å²) < 4.78 is 0. The van der Waals surface area contributed by atoms with Gasteiger partial charge in [-0.2, -0.15) is 0 Å². The van der Waals surface area contributed by atoms with Crippen molar-refractivity contribution in [2.24, 2.45) is 0 Å². The maximum atomic E-state index is 9.75. The Kier molecular flexibility index (Phi) is 3.31. The van der Waals surface area contributed by atoms with Crippen molar-refractivity contribution in [2.45, 2.75) is 25.5 Å². The number of aromatic hydroxyl groups is 1. The monoisotopic (exact) mass is 223 g/mol. The molecule has 16 heavy (non-hydrogen) atoms. The normalized spacial score (nSPS) is 20.4.